The zero-order chi connectivity index (χ0) is 11.8. The highest BCUT2D eigenvalue weighted by Gasteiger charge is 2.18. The summed E-state index contributed by atoms with van der Waals surface area (Å²) in [6.45, 7) is 4.46. The molecule has 0 aliphatic carbocycles. The molecule has 0 aliphatic heterocycles. The van der Waals surface area contributed by atoms with Crippen molar-refractivity contribution in [1.82, 2.24) is 10.2 Å². The van der Waals surface area contributed by atoms with Crippen molar-refractivity contribution in [2.45, 2.75) is 20.3 Å². The number of nitrogens with zero attached hydrogens (tertiary/aromatic N) is 1. The molecule has 0 aromatic rings. The molecule has 15 heavy (non-hydrogen) atoms. The minimum Gasteiger partial charge on any atom is -0.355 e. The Hall–Kier alpha value is -0.770. The van der Waals surface area contributed by atoms with Gasteiger partial charge in [-0.05, 0) is 6.42 Å². The summed E-state index contributed by atoms with van der Waals surface area (Å²) in [4.78, 5) is 24.2. The minimum atomic E-state index is -0.240. The molecule has 0 aliphatic rings. The fourth-order valence-electron chi connectivity index (χ4n) is 1.06. The molecule has 1 N–H and O–H groups in total. The number of amides is 2. The predicted molar refractivity (Wildman–Crippen MR) is 60.8 cm³/mol. The van der Waals surface area contributed by atoms with E-state index >= 15 is 0 Å². The van der Waals surface area contributed by atoms with E-state index in [0.717, 1.165) is 6.42 Å². The number of nitrogens with one attached hydrogen (secondary N) is 1. The monoisotopic (exact) mass is 234 g/mol. The van der Waals surface area contributed by atoms with Crippen molar-refractivity contribution in [3.05, 3.63) is 0 Å². The van der Waals surface area contributed by atoms with Crippen LogP contribution in [0.4, 0.5) is 0 Å². The highest BCUT2D eigenvalue weighted by Crippen LogP contribution is 2.02. The maximum Gasteiger partial charge on any atom is 0.239 e. The Morgan fingerprint density at radius 1 is 1.47 bits per heavy atom. The summed E-state index contributed by atoms with van der Waals surface area (Å²) in [6, 6.07) is 0. The number of likely N-dealkylation sites (N-methyl/N-ethyl adjacent to an activating group) is 1. The van der Waals surface area contributed by atoms with Crippen molar-refractivity contribution < 1.29 is 9.59 Å². The average molecular weight is 235 g/mol. The molecule has 0 aromatic carbocycles. The first-order chi connectivity index (χ1) is 7.02. The van der Waals surface area contributed by atoms with E-state index < -0.39 is 0 Å². The van der Waals surface area contributed by atoms with Crippen LogP contribution < -0.4 is 5.32 Å². The lowest BCUT2D eigenvalue weighted by Crippen LogP contribution is -2.41. The van der Waals surface area contributed by atoms with Crippen molar-refractivity contribution in [2.75, 3.05) is 26.0 Å². The summed E-state index contributed by atoms with van der Waals surface area (Å²) >= 11 is 5.56. The van der Waals surface area contributed by atoms with Gasteiger partial charge in [-0.3, -0.25) is 9.59 Å². The lowest BCUT2D eigenvalue weighted by atomic mass is 10.2. The first-order valence-electron chi connectivity index (χ1n) is 5.10. The molecule has 0 rings (SSSR count). The Morgan fingerprint density at radius 3 is 2.53 bits per heavy atom. The largest absolute Gasteiger partial charge is 0.355 e. The van der Waals surface area contributed by atoms with Gasteiger partial charge in [-0.15, -0.1) is 11.6 Å². The normalized spacial score (nSPS) is 12.0. The van der Waals surface area contributed by atoms with E-state index in [2.05, 4.69) is 5.32 Å². The number of hydrogen-bond donors (Lipinski definition) is 1. The van der Waals surface area contributed by atoms with Crippen LogP contribution >= 0.6 is 11.6 Å². The molecule has 0 fully saturated rings. The van der Waals surface area contributed by atoms with E-state index in [-0.39, 0.29) is 30.2 Å². The summed E-state index contributed by atoms with van der Waals surface area (Å²) in [6.07, 6.45) is 0.890. The predicted octanol–water partition coefficient (Wildman–Crippen LogP) is 0.846. The zero-order valence-corrected chi connectivity index (χ0v) is 10.3. The Bertz CT molecular complexity index is 221. The molecular weight excluding hydrogens is 216 g/mol. The van der Waals surface area contributed by atoms with Crippen molar-refractivity contribution >= 4 is 23.4 Å². The molecule has 0 saturated carbocycles. The second-order valence-electron chi connectivity index (χ2n) is 3.60. The van der Waals surface area contributed by atoms with Gasteiger partial charge in [0.2, 0.25) is 11.8 Å². The van der Waals surface area contributed by atoms with E-state index in [1.807, 2.05) is 6.92 Å². The van der Waals surface area contributed by atoms with Gasteiger partial charge in [-0.25, -0.2) is 0 Å². The number of alkyl halides is 1. The topological polar surface area (TPSA) is 49.4 Å². The number of carbonyl (C=O) groups excluding carboxylic acids is 2. The first-order valence-corrected chi connectivity index (χ1v) is 5.64. The average Bonchev–Trinajstić information content (AvgIpc) is 2.23. The van der Waals surface area contributed by atoms with Gasteiger partial charge in [0.15, 0.2) is 0 Å². The zero-order valence-electron chi connectivity index (χ0n) is 9.55. The maximum atomic E-state index is 11.5. The molecule has 5 heteroatoms. The fraction of sp³-hybridized carbons (Fsp3) is 0.800. The molecule has 0 radical (unpaired) electrons. The van der Waals surface area contributed by atoms with Crippen LogP contribution in [0.1, 0.15) is 20.3 Å². The number of hydrogen-bond acceptors (Lipinski definition) is 2. The third kappa shape index (κ3) is 5.62. The quantitative estimate of drug-likeness (QED) is 0.693. The Kier molecular flexibility index (Phi) is 7.13. The molecule has 0 aromatic heterocycles. The van der Waals surface area contributed by atoms with Gasteiger partial charge in [-0.2, -0.15) is 0 Å². The summed E-state index contributed by atoms with van der Waals surface area (Å²) < 4.78 is 0. The second kappa shape index (κ2) is 7.51. The van der Waals surface area contributed by atoms with Crippen LogP contribution in [0.15, 0.2) is 0 Å². The lowest BCUT2D eigenvalue weighted by Gasteiger charge is -2.19. The van der Waals surface area contributed by atoms with E-state index in [9.17, 15) is 9.59 Å². The summed E-state index contributed by atoms with van der Waals surface area (Å²) in [5.74, 6) is -0.193. The summed E-state index contributed by atoms with van der Waals surface area (Å²) in [5.41, 5.74) is 0. The van der Waals surface area contributed by atoms with E-state index in [4.69, 9.17) is 11.6 Å². The third-order valence-electron chi connectivity index (χ3n) is 1.98. The maximum absolute atomic E-state index is 11.5. The summed E-state index contributed by atoms with van der Waals surface area (Å²) in [7, 11) is 1.61. The van der Waals surface area contributed by atoms with Crippen LogP contribution in [-0.2, 0) is 9.59 Å². The molecule has 0 saturated heterocycles. The van der Waals surface area contributed by atoms with Crippen LogP contribution in [0.2, 0.25) is 0 Å². The fourth-order valence-corrected chi connectivity index (χ4v) is 1.19. The van der Waals surface area contributed by atoms with Gasteiger partial charge in [0.25, 0.3) is 0 Å². The molecule has 0 spiro atoms. The number of rotatable bonds is 6. The van der Waals surface area contributed by atoms with E-state index in [0.29, 0.717) is 6.54 Å². The van der Waals surface area contributed by atoms with Crippen LogP contribution in [0.3, 0.4) is 0 Å². The first kappa shape index (κ1) is 14.2. The Balaban J connectivity index is 3.96. The molecular formula is C10H19ClN2O2. The SMILES string of the molecule is CCCNC(=O)CN(C)C(=O)C(C)CCl. The van der Waals surface area contributed by atoms with Crippen molar-refractivity contribution in [3.63, 3.8) is 0 Å². The van der Waals surface area contributed by atoms with Crippen LogP contribution in [-0.4, -0.2) is 42.7 Å². The number of halogens is 1. The van der Waals surface area contributed by atoms with Gasteiger partial charge in [0.05, 0.1) is 6.54 Å². The highest BCUT2D eigenvalue weighted by atomic mass is 35.5. The lowest BCUT2D eigenvalue weighted by molar-refractivity contribution is -0.137. The van der Waals surface area contributed by atoms with Crippen molar-refractivity contribution in [2.24, 2.45) is 5.92 Å². The van der Waals surface area contributed by atoms with Gasteiger partial charge in [0, 0.05) is 25.4 Å². The minimum absolute atomic E-state index is 0.0973. The van der Waals surface area contributed by atoms with Crippen molar-refractivity contribution in [3.8, 4) is 0 Å². The van der Waals surface area contributed by atoms with Crippen LogP contribution in [0, 0.1) is 5.92 Å². The van der Waals surface area contributed by atoms with Gasteiger partial charge in [0.1, 0.15) is 0 Å². The van der Waals surface area contributed by atoms with Crippen molar-refractivity contribution in [1.29, 1.82) is 0 Å². The highest BCUT2D eigenvalue weighted by molar-refractivity contribution is 6.19. The standard InChI is InChI=1S/C10H19ClN2O2/c1-4-5-12-9(14)7-13(3)10(15)8(2)6-11/h8H,4-7H2,1-3H3,(H,12,14). The Morgan fingerprint density at radius 2 is 2.07 bits per heavy atom. The molecule has 88 valence electrons. The summed E-state index contributed by atoms with van der Waals surface area (Å²) in [5, 5.41) is 2.71. The number of carbonyl (C=O) groups is 2. The smallest absolute Gasteiger partial charge is 0.239 e. The van der Waals surface area contributed by atoms with E-state index in [1.54, 1.807) is 14.0 Å². The molecule has 0 heterocycles. The molecule has 4 nitrogen and oxygen atoms in total. The van der Waals surface area contributed by atoms with Crippen LogP contribution in [0.25, 0.3) is 0 Å². The molecule has 1 atom stereocenters. The molecule has 1 unspecified atom stereocenters. The van der Waals surface area contributed by atoms with E-state index in [1.165, 1.54) is 4.90 Å². The van der Waals surface area contributed by atoms with Crippen LogP contribution in [0.5, 0.6) is 0 Å². The Labute approximate surface area is 96.0 Å². The molecule has 0 bridgehead atoms. The van der Waals surface area contributed by atoms with Gasteiger partial charge >= 0.3 is 0 Å². The second-order valence-corrected chi connectivity index (χ2v) is 3.91. The third-order valence-corrected chi connectivity index (χ3v) is 2.45. The van der Waals surface area contributed by atoms with Gasteiger partial charge < -0.3 is 10.2 Å². The van der Waals surface area contributed by atoms with Gasteiger partial charge in [-0.1, -0.05) is 13.8 Å². The molecule has 2 amide bonds.